The number of rotatable bonds is 2. The zero-order valence-corrected chi connectivity index (χ0v) is 10.9. The van der Waals surface area contributed by atoms with Crippen molar-refractivity contribution in [3.05, 3.63) is 29.8 Å². The molecule has 4 nitrogen and oxygen atoms in total. The fourth-order valence-electron chi connectivity index (χ4n) is 2.55. The van der Waals surface area contributed by atoms with Crippen LogP contribution in [-0.2, 0) is 4.79 Å². The van der Waals surface area contributed by atoms with Gasteiger partial charge in [0.25, 0.3) is 0 Å². The van der Waals surface area contributed by atoms with Gasteiger partial charge in [-0.3, -0.25) is 4.79 Å². The first-order chi connectivity index (χ1) is 9.28. The van der Waals surface area contributed by atoms with E-state index in [9.17, 15) is 4.79 Å². The first-order valence-corrected chi connectivity index (χ1v) is 6.82. The lowest BCUT2D eigenvalue weighted by atomic mass is 10.2. The second-order valence-electron chi connectivity index (χ2n) is 5.25. The Hall–Kier alpha value is -2.02. The van der Waals surface area contributed by atoms with Gasteiger partial charge in [0.2, 0.25) is 5.91 Å². The van der Waals surface area contributed by atoms with E-state index >= 15 is 0 Å². The van der Waals surface area contributed by atoms with Gasteiger partial charge in [0.1, 0.15) is 0 Å². The van der Waals surface area contributed by atoms with Gasteiger partial charge in [-0.15, -0.1) is 0 Å². The molecule has 2 aliphatic rings. The smallest absolute Gasteiger partial charge is 0.225 e. The number of hydrogen-bond donors (Lipinski definition) is 0. The molecule has 1 saturated heterocycles. The molecular formula is C15H17N3O. The van der Waals surface area contributed by atoms with Crippen molar-refractivity contribution < 1.29 is 4.79 Å². The van der Waals surface area contributed by atoms with Crippen molar-refractivity contribution in [3.8, 4) is 6.07 Å². The van der Waals surface area contributed by atoms with E-state index in [0.717, 1.165) is 44.7 Å². The first kappa shape index (κ1) is 12.0. The van der Waals surface area contributed by atoms with Gasteiger partial charge in [-0.1, -0.05) is 6.07 Å². The van der Waals surface area contributed by atoms with Gasteiger partial charge < -0.3 is 9.80 Å². The molecule has 19 heavy (non-hydrogen) atoms. The first-order valence-electron chi connectivity index (χ1n) is 6.82. The predicted octanol–water partition coefficient (Wildman–Crippen LogP) is 1.62. The van der Waals surface area contributed by atoms with Crippen LogP contribution in [0, 0.1) is 17.2 Å². The summed E-state index contributed by atoms with van der Waals surface area (Å²) in [5.74, 6) is 0.652. The molecule has 0 bridgehead atoms. The zero-order chi connectivity index (χ0) is 13.2. The van der Waals surface area contributed by atoms with Gasteiger partial charge in [-0.2, -0.15) is 5.26 Å². The van der Waals surface area contributed by atoms with Crippen LogP contribution in [-0.4, -0.2) is 37.0 Å². The molecule has 1 heterocycles. The van der Waals surface area contributed by atoms with Crippen LogP contribution in [0.1, 0.15) is 18.4 Å². The van der Waals surface area contributed by atoms with Crippen molar-refractivity contribution in [3.63, 3.8) is 0 Å². The average molecular weight is 255 g/mol. The third-order valence-corrected chi connectivity index (χ3v) is 3.86. The lowest BCUT2D eigenvalue weighted by Crippen LogP contribution is -2.49. The number of nitriles is 1. The lowest BCUT2D eigenvalue weighted by molar-refractivity contribution is -0.132. The molecule has 4 heteroatoms. The monoisotopic (exact) mass is 255 g/mol. The number of carbonyl (C=O) groups excluding carboxylic acids is 1. The van der Waals surface area contributed by atoms with E-state index in [1.165, 1.54) is 0 Å². The van der Waals surface area contributed by atoms with E-state index in [2.05, 4.69) is 11.0 Å². The summed E-state index contributed by atoms with van der Waals surface area (Å²) in [5.41, 5.74) is 1.77. The van der Waals surface area contributed by atoms with Crippen LogP contribution in [0.15, 0.2) is 24.3 Å². The van der Waals surface area contributed by atoms with Crippen molar-refractivity contribution in [2.45, 2.75) is 12.8 Å². The number of benzene rings is 1. The largest absolute Gasteiger partial charge is 0.368 e. The second kappa shape index (κ2) is 4.93. The van der Waals surface area contributed by atoms with Crippen LogP contribution in [0.5, 0.6) is 0 Å². The molecule has 1 aliphatic carbocycles. The van der Waals surface area contributed by atoms with Crippen molar-refractivity contribution >= 4 is 11.6 Å². The average Bonchev–Trinajstić information content (AvgIpc) is 3.31. The zero-order valence-electron chi connectivity index (χ0n) is 10.9. The van der Waals surface area contributed by atoms with E-state index in [1.807, 2.05) is 29.2 Å². The number of piperazine rings is 1. The molecule has 1 aliphatic heterocycles. The standard InChI is InChI=1S/C15H17N3O/c16-11-12-2-1-3-14(10-12)17-6-8-18(9-7-17)15(19)13-4-5-13/h1-3,10,13H,4-9H2. The minimum absolute atomic E-state index is 0.313. The molecule has 2 fully saturated rings. The Morgan fingerprint density at radius 3 is 2.58 bits per heavy atom. The molecule has 0 unspecified atom stereocenters. The molecule has 0 radical (unpaired) electrons. The van der Waals surface area contributed by atoms with Crippen LogP contribution in [0.3, 0.4) is 0 Å². The summed E-state index contributed by atoms with van der Waals surface area (Å²) in [4.78, 5) is 16.2. The van der Waals surface area contributed by atoms with Crippen LogP contribution in [0.4, 0.5) is 5.69 Å². The minimum Gasteiger partial charge on any atom is -0.368 e. The third kappa shape index (κ3) is 2.55. The molecule has 98 valence electrons. The molecule has 0 N–H and O–H groups in total. The highest BCUT2D eigenvalue weighted by atomic mass is 16.2. The Kier molecular flexibility index (Phi) is 3.12. The summed E-state index contributed by atoms with van der Waals surface area (Å²) in [6.45, 7) is 3.30. The van der Waals surface area contributed by atoms with Crippen molar-refractivity contribution in [1.82, 2.24) is 4.90 Å². The summed E-state index contributed by atoms with van der Waals surface area (Å²) in [7, 11) is 0. The Labute approximate surface area is 113 Å². The maximum Gasteiger partial charge on any atom is 0.225 e. The lowest BCUT2D eigenvalue weighted by Gasteiger charge is -2.36. The van der Waals surface area contributed by atoms with E-state index in [-0.39, 0.29) is 0 Å². The molecular weight excluding hydrogens is 238 g/mol. The molecule has 1 aromatic carbocycles. The Morgan fingerprint density at radius 1 is 1.21 bits per heavy atom. The molecule has 1 amide bonds. The Bertz CT molecular complexity index is 522. The van der Waals surface area contributed by atoms with E-state index in [1.54, 1.807) is 0 Å². The second-order valence-corrected chi connectivity index (χ2v) is 5.25. The van der Waals surface area contributed by atoms with Crippen molar-refractivity contribution in [2.24, 2.45) is 5.92 Å². The summed E-state index contributed by atoms with van der Waals surface area (Å²) < 4.78 is 0. The van der Waals surface area contributed by atoms with Crippen LogP contribution in [0.25, 0.3) is 0 Å². The van der Waals surface area contributed by atoms with E-state index in [4.69, 9.17) is 5.26 Å². The normalized spacial score (nSPS) is 19.1. The van der Waals surface area contributed by atoms with Gasteiger partial charge in [0.15, 0.2) is 0 Å². The Morgan fingerprint density at radius 2 is 1.95 bits per heavy atom. The molecule has 0 spiro atoms. The number of amides is 1. The molecule has 3 rings (SSSR count). The fourth-order valence-corrected chi connectivity index (χ4v) is 2.55. The topological polar surface area (TPSA) is 47.3 Å². The van der Waals surface area contributed by atoms with Crippen molar-refractivity contribution in [2.75, 3.05) is 31.1 Å². The molecule has 1 aromatic rings. The van der Waals surface area contributed by atoms with Gasteiger partial charge >= 0.3 is 0 Å². The highest BCUT2D eigenvalue weighted by Crippen LogP contribution is 2.31. The number of nitrogens with zero attached hydrogens (tertiary/aromatic N) is 3. The summed E-state index contributed by atoms with van der Waals surface area (Å²) in [6, 6.07) is 9.84. The van der Waals surface area contributed by atoms with Gasteiger partial charge in [-0.05, 0) is 31.0 Å². The highest BCUT2D eigenvalue weighted by Gasteiger charge is 2.34. The number of carbonyl (C=O) groups is 1. The molecule has 0 atom stereocenters. The van der Waals surface area contributed by atoms with Gasteiger partial charge in [0.05, 0.1) is 11.6 Å². The van der Waals surface area contributed by atoms with Crippen LogP contribution < -0.4 is 4.90 Å². The summed E-state index contributed by atoms with van der Waals surface area (Å²) >= 11 is 0. The van der Waals surface area contributed by atoms with Crippen molar-refractivity contribution in [1.29, 1.82) is 5.26 Å². The van der Waals surface area contributed by atoms with Crippen LogP contribution >= 0.6 is 0 Å². The van der Waals surface area contributed by atoms with E-state index < -0.39 is 0 Å². The maximum absolute atomic E-state index is 12.0. The van der Waals surface area contributed by atoms with Crippen LogP contribution in [0.2, 0.25) is 0 Å². The highest BCUT2D eigenvalue weighted by molar-refractivity contribution is 5.81. The van der Waals surface area contributed by atoms with Gasteiger partial charge in [-0.25, -0.2) is 0 Å². The maximum atomic E-state index is 12.0. The minimum atomic E-state index is 0.313. The third-order valence-electron chi connectivity index (χ3n) is 3.86. The van der Waals surface area contributed by atoms with E-state index in [0.29, 0.717) is 17.4 Å². The summed E-state index contributed by atoms with van der Waals surface area (Å²) in [5, 5.41) is 8.92. The van der Waals surface area contributed by atoms with Gasteiger partial charge in [0, 0.05) is 37.8 Å². The molecule has 1 saturated carbocycles. The fraction of sp³-hybridized carbons (Fsp3) is 0.467. The quantitative estimate of drug-likeness (QED) is 0.806. The SMILES string of the molecule is N#Cc1cccc(N2CCN(C(=O)C3CC3)CC2)c1. The predicted molar refractivity (Wildman–Crippen MR) is 72.7 cm³/mol. The Balaban J connectivity index is 1.63. The summed E-state index contributed by atoms with van der Waals surface area (Å²) in [6.07, 6.45) is 2.15. The number of hydrogen-bond acceptors (Lipinski definition) is 3. The molecule has 0 aromatic heterocycles. The number of anilines is 1.